The molecule has 0 saturated carbocycles. The van der Waals surface area contributed by atoms with Crippen molar-refractivity contribution in [3.8, 4) is 5.75 Å². The van der Waals surface area contributed by atoms with E-state index in [2.05, 4.69) is 52.4 Å². The van der Waals surface area contributed by atoms with E-state index in [9.17, 15) is 0 Å². The maximum Gasteiger partial charge on any atom is 0.118 e. The Morgan fingerprint density at radius 2 is 1.95 bits per heavy atom. The molecule has 0 aliphatic carbocycles. The number of hydrogen-bond donors (Lipinski definition) is 1. The molecule has 2 nitrogen and oxygen atoms in total. The second kappa shape index (κ2) is 7.08. The van der Waals surface area contributed by atoms with Gasteiger partial charge in [0.2, 0.25) is 0 Å². The molecule has 0 saturated heterocycles. The van der Waals surface area contributed by atoms with Crippen LogP contribution in [0.1, 0.15) is 29.8 Å². The Hall–Kier alpha value is -0.840. The summed E-state index contributed by atoms with van der Waals surface area (Å²) < 4.78 is 6.38. The van der Waals surface area contributed by atoms with Gasteiger partial charge in [-0.3, -0.25) is 0 Å². The van der Waals surface area contributed by atoms with Crippen molar-refractivity contribution in [2.45, 2.75) is 19.4 Å². The number of rotatable bonds is 6. The van der Waals surface area contributed by atoms with Crippen LogP contribution in [0.15, 0.2) is 40.2 Å². The number of methoxy groups -OCH3 is 1. The van der Waals surface area contributed by atoms with Crippen molar-refractivity contribution in [1.29, 1.82) is 0 Å². The molecule has 2 rings (SSSR count). The van der Waals surface area contributed by atoms with E-state index in [1.807, 2.05) is 12.1 Å². The van der Waals surface area contributed by atoms with Gasteiger partial charge in [0, 0.05) is 4.88 Å². The van der Waals surface area contributed by atoms with Crippen LogP contribution in [0.3, 0.4) is 0 Å². The van der Waals surface area contributed by atoms with Crippen LogP contribution in [0.2, 0.25) is 0 Å². The average molecular weight is 340 g/mol. The molecule has 1 aromatic heterocycles. The smallest absolute Gasteiger partial charge is 0.118 e. The molecular weight excluding hydrogens is 322 g/mol. The van der Waals surface area contributed by atoms with Crippen molar-refractivity contribution < 1.29 is 4.74 Å². The second-order valence-electron chi connectivity index (χ2n) is 4.30. The van der Waals surface area contributed by atoms with Crippen LogP contribution >= 0.6 is 27.3 Å². The Morgan fingerprint density at radius 3 is 2.47 bits per heavy atom. The molecule has 0 aliphatic rings. The van der Waals surface area contributed by atoms with Gasteiger partial charge in [-0.1, -0.05) is 19.1 Å². The zero-order valence-corrected chi connectivity index (χ0v) is 13.6. The zero-order valence-electron chi connectivity index (χ0n) is 11.2. The lowest BCUT2D eigenvalue weighted by Crippen LogP contribution is -2.22. The highest BCUT2D eigenvalue weighted by Crippen LogP contribution is 2.31. The van der Waals surface area contributed by atoms with Crippen LogP contribution in [0.4, 0.5) is 0 Å². The van der Waals surface area contributed by atoms with Crippen molar-refractivity contribution in [2.24, 2.45) is 0 Å². The zero-order chi connectivity index (χ0) is 13.7. The first-order chi connectivity index (χ1) is 9.24. The maximum absolute atomic E-state index is 5.21. The van der Waals surface area contributed by atoms with Gasteiger partial charge in [0.05, 0.1) is 16.9 Å². The van der Waals surface area contributed by atoms with Gasteiger partial charge in [0.1, 0.15) is 5.75 Å². The fourth-order valence-electron chi connectivity index (χ4n) is 1.95. The van der Waals surface area contributed by atoms with Crippen LogP contribution in [0, 0.1) is 0 Å². The van der Waals surface area contributed by atoms with Gasteiger partial charge < -0.3 is 10.1 Å². The summed E-state index contributed by atoms with van der Waals surface area (Å²) in [6, 6.07) is 12.8. The first kappa shape index (κ1) is 14.6. The molecule has 19 heavy (non-hydrogen) atoms. The number of ether oxygens (including phenoxy) is 1. The fraction of sp³-hybridized carbons (Fsp3) is 0.333. The van der Waals surface area contributed by atoms with E-state index in [4.69, 9.17) is 4.74 Å². The second-order valence-corrected chi connectivity index (χ2v) is 6.80. The minimum absolute atomic E-state index is 0.252. The van der Waals surface area contributed by atoms with Crippen molar-refractivity contribution in [1.82, 2.24) is 5.32 Å². The third-order valence-corrected chi connectivity index (χ3v) is 4.61. The maximum atomic E-state index is 5.21. The number of benzene rings is 1. The number of thiophene rings is 1. The molecule has 0 amide bonds. The molecule has 0 aliphatic heterocycles. The van der Waals surface area contributed by atoms with Crippen LogP contribution < -0.4 is 10.1 Å². The highest BCUT2D eigenvalue weighted by Gasteiger charge is 2.15. The van der Waals surface area contributed by atoms with E-state index in [0.717, 1.165) is 18.7 Å². The molecule has 1 aromatic carbocycles. The number of halogens is 1. The normalized spacial score (nSPS) is 12.4. The van der Waals surface area contributed by atoms with E-state index in [1.54, 1.807) is 18.4 Å². The highest BCUT2D eigenvalue weighted by atomic mass is 79.9. The summed E-state index contributed by atoms with van der Waals surface area (Å²) in [4.78, 5) is 1.32. The minimum atomic E-state index is 0.252. The van der Waals surface area contributed by atoms with Gasteiger partial charge in [-0.2, -0.15) is 0 Å². The van der Waals surface area contributed by atoms with Gasteiger partial charge in [0.25, 0.3) is 0 Å². The lowest BCUT2D eigenvalue weighted by Gasteiger charge is -2.18. The number of nitrogens with one attached hydrogen (secondary N) is 1. The summed E-state index contributed by atoms with van der Waals surface area (Å²) >= 11 is 5.31. The van der Waals surface area contributed by atoms with Crippen LogP contribution in [-0.2, 0) is 0 Å². The van der Waals surface area contributed by atoms with Crippen molar-refractivity contribution >= 4 is 27.3 Å². The van der Waals surface area contributed by atoms with Gasteiger partial charge >= 0.3 is 0 Å². The predicted octanol–water partition coefficient (Wildman–Crippen LogP) is 4.61. The lowest BCUT2D eigenvalue weighted by atomic mass is 10.1. The molecule has 1 unspecified atom stereocenters. The molecule has 1 atom stereocenters. The summed E-state index contributed by atoms with van der Waals surface area (Å²) in [6.45, 7) is 3.19. The highest BCUT2D eigenvalue weighted by molar-refractivity contribution is 9.11. The van der Waals surface area contributed by atoms with Crippen LogP contribution in [0.25, 0.3) is 0 Å². The van der Waals surface area contributed by atoms with Gasteiger partial charge in [-0.25, -0.2) is 0 Å². The Kier molecular flexibility index (Phi) is 5.43. The molecule has 102 valence electrons. The van der Waals surface area contributed by atoms with Gasteiger partial charge in [-0.15, -0.1) is 11.3 Å². The first-order valence-corrected chi connectivity index (χ1v) is 7.98. The fourth-order valence-corrected chi connectivity index (χ4v) is 3.48. The Bertz CT molecular complexity index is 509. The minimum Gasteiger partial charge on any atom is -0.497 e. The Morgan fingerprint density at radius 1 is 1.21 bits per heavy atom. The molecule has 0 radical (unpaired) electrons. The van der Waals surface area contributed by atoms with E-state index in [-0.39, 0.29) is 6.04 Å². The molecular formula is C15H18BrNOS. The molecule has 2 aromatic rings. The molecule has 1 heterocycles. The van der Waals surface area contributed by atoms with E-state index >= 15 is 0 Å². The third-order valence-electron chi connectivity index (χ3n) is 2.93. The van der Waals surface area contributed by atoms with Gasteiger partial charge in [-0.05, 0) is 58.7 Å². The monoisotopic (exact) mass is 339 g/mol. The van der Waals surface area contributed by atoms with Crippen LogP contribution in [0.5, 0.6) is 5.75 Å². The molecule has 0 spiro atoms. The largest absolute Gasteiger partial charge is 0.497 e. The van der Waals surface area contributed by atoms with Crippen molar-refractivity contribution in [3.05, 3.63) is 50.6 Å². The average Bonchev–Trinajstić information content (AvgIpc) is 2.86. The third kappa shape index (κ3) is 3.81. The summed E-state index contributed by atoms with van der Waals surface area (Å²) in [5.41, 5.74) is 1.27. The number of hydrogen-bond acceptors (Lipinski definition) is 3. The Balaban J connectivity index is 2.25. The van der Waals surface area contributed by atoms with E-state index in [1.165, 1.54) is 14.2 Å². The summed E-state index contributed by atoms with van der Waals surface area (Å²) in [5.74, 6) is 0.894. The lowest BCUT2D eigenvalue weighted by molar-refractivity contribution is 0.414. The SMILES string of the molecule is CCCNC(c1ccc(OC)cc1)c1ccc(Br)s1. The summed E-state index contributed by atoms with van der Waals surface area (Å²) in [5, 5.41) is 3.60. The molecule has 1 N–H and O–H groups in total. The Labute approximate surface area is 126 Å². The summed E-state index contributed by atoms with van der Waals surface area (Å²) in [7, 11) is 1.69. The summed E-state index contributed by atoms with van der Waals surface area (Å²) in [6.07, 6.45) is 1.12. The van der Waals surface area contributed by atoms with Gasteiger partial charge in [0.15, 0.2) is 0 Å². The molecule has 4 heteroatoms. The molecule has 0 fully saturated rings. The van der Waals surface area contributed by atoms with E-state index < -0.39 is 0 Å². The molecule has 0 bridgehead atoms. The first-order valence-electron chi connectivity index (χ1n) is 6.37. The quantitative estimate of drug-likeness (QED) is 0.829. The predicted molar refractivity (Wildman–Crippen MR) is 85.1 cm³/mol. The standard InChI is InChI=1S/C15H18BrNOS/c1-3-10-17-15(13-8-9-14(16)19-13)11-4-6-12(18-2)7-5-11/h4-9,15,17H,3,10H2,1-2H3. The topological polar surface area (TPSA) is 21.3 Å². The van der Waals surface area contributed by atoms with Crippen molar-refractivity contribution in [2.75, 3.05) is 13.7 Å². The van der Waals surface area contributed by atoms with Crippen molar-refractivity contribution in [3.63, 3.8) is 0 Å². The van der Waals surface area contributed by atoms with E-state index in [0.29, 0.717) is 0 Å². The van der Waals surface area contributed by atoms with Crippen LogP contribution in [-0.4, -0.2) is 13.7 Å².